The van der Waals surface area contributed by atoms with E-state index in [2.05, 4.69) is 5.10 Å². The third kappa shape index (κ3) is 1.74. The third-order valence-electron chi connectivity index (χ3n) is 1.79. The molecule has 0 aliphatic carbocycles. The lowest BCUT2D eigenvalue weighted by Gasteiger charge is -2.26. The first kappa shape index (κ1) is 12.8. The number of alkyl halides is 7. The Bertz CT molecular complexity index is 378. The third-order valence-corrected chi connectivity index (χ3v) is 1.79. The lowest BCUT2D eigenvalue weighted by atomic mass is 10.1. The average Bonchev–Trinajstić information content (AvgIpc) is 2.49. The van der Waals surface area contributed by atoms with E-state index in [1.807, 2.05) is 0 Å². The first-order valence-corrected chi connectivity index (χ1v) is 3.82. The molecule has 1 aromatic heterocycles. The highest BCUT2D eigenvalue weighted by Gasteiger charge is 2.74. The molecule has 0 aliphatic heterocycles. The van der Waals surface area contributed by atoms with E-state index in [4.69, 9.17) is 0 Å². The standard InChI is InChI=1S/C7H5F7N2/c1-16-3-2-4(15-16)5(8,9)6(10,11)7(12,13)14/h2-3H,1H3. The fraction of sp³-hybridized carbons (Fsp3) is 0.571. The molecule has 92 valence electrons. The van der Waals surface area contributed by atoms with Gasteiger partial charge in [0.2, 0.25) is 0 Å². The molecule has 0 fully saturated rings. The summed E-state index contributed by atoms with van der Waals surface area (Å²) in [7, 11) is 1.12. The Kier molecular flexibility index (Phi) is 2.68. The van der Waals surface area contributed by atoms with Gasteiger partial charge in [-0.15, -0.1) is 0 Å². The Labute approximate surface area is 84.7 Å². The van der Waals surface area contributed by atoms with Gasteiger partial charge in [0.25, 0.3) is 0 Å². The zero-order chi connectivity index (χ0) is 12.8. The minimum Gasteiger partial charge on any atom is -0.275 e. The van der Waals surface area contributed by atoms with Crippen LogP contribution in [0, 0.1) is 0 Å². The van der Waals surface area contributed by atoms with E-state index in [9.17, 15) is 30.7 Å². The molecule has 1 rings (SSSR count). The first-order valence-electron chi connectivity index (χ1n) is 3.82. The Balaban J connectivity index is 3.21. The normalized spacial score (nSPS) is 14.2. The molecule has 0 N–H and O–H groups in total. The van der Waals surface area contributed by atoms with Crippen LogP contribution in [0.5, 0.6) is 0 Å². The fourth-order valence-electron chi connectivity index (χ4n) is 0.921. The van der Waals surface area contributed by atoms with Crippen LogP contribution in [0.3, 0.4) is 0 Å². The van der Waals surface area contributed by atoms with Gasteiger partial charge in [0.15, 0.2) is 0 Å². The summed E-state index contributed by atoms with van der Waals surface area (Å²) in [6.45, 7) is 0. The highest BCUT2D eigenvalue weighted by Crippen LogP contribution is 2.51. The SMILES string of the molecule is Cn1ccc(C(F)(F)C(F)(F)C(F)(F)F)n1. The summed E-state index contributed by atoms with van der Waals surface area (Å²) < 4.78 is 86.7. The highest BCUT2D eigenvalue weighted by molar-refractivity contribution is 5.13. The molecule has 0 unspecified atom stereocenters. The summed E-state index contributed by atoms with van der Waals surface area (Å²) in [5.74, 6) is -11.6. The van der Waals surface area contributed by atoms with Crippen molar-refractivity contribution in [1.82, 2.24) is 9.78 Å². The van der Waals surface area contributed by atoms with Gasteiger partial charge in [0, 0.05) is 13.2 Å². The van der Waals surface area contributed by atoms with Crippen LogP contribution in [0.15, 0.2) is 12.3 Å². The van der Waals surface area contributed by atoms with Crippen molar-refractivity contribution in [3.8, 4) is 0 Å². The van der Waals surface area contributed by atoms with Crippen LogP contribution in [-0.4, -0.2) is 21.9 Å². The zero-order valence-electron chi connectivity index (χ0n) is 7.69. The maximum Gasteiger partial charge on any atom is 0.460 e. The Morgan fingerprint density at radius 1 is 1.06 bits per heavy atom. The van der Waals surface area contributed by atoms with Crippen LogP contribution in [0.4, 0.5) is 30.7 Å². The van der Waals surface area contributed by atoms with Gasteiger partial charge in [-0.3, -0.25) is 4.68 Å². The van der Waals surface area contributed by atoms with Crippen molar-refractivity contribution in [2.45, 2.75) is 18.0 Å². The van der Waals surface area contributed by atoms with E-state index in [1.54, 1.807) is 0 Å². The number of hydrogen-bond donors (Lipinski definition) is 0. The number of aryl methyl sites for hydroxylation is 1. The Morgan fingerprint density at radius 2 is 1.56 bits per heavy atom. The molecule has 0 amide bonds. The fourth-order valence-corrected chi connectivity index (χ4v) is 0.921. The molecule has 0 bridgehead atoms. The van der Waals surface area contributed by atoms with E-state index < -0.39 is 23.7 Å². The van der Waals surface area contributed by atoms with E-state index in [1.165, 1.54) is 0 Å². The molecule has 1 aromatic rings. The van der Waals surface area contributed by atoms with Crippen LogP contribution in [0.2, 0.25) is 0 Å². The lowest BCUT2D eigenvalue weighted by Crippen LogP contribution is -2.50. The predicted molar refractivity (Wildman–Crippen MR) is 38.1 cm³/mol. The van der Waals surface area contributed by atoms with Gasteiger partial charge in [0.05, 0.1) is 0 Å². The maximum absolute atomic E-state index is 12.9. The van der Waals surface area contributed by atoms with Gasteiger partial charge >= 0.3 is 18.0 Å². The summed E-state index contributed by atoms with van der Waals surface area (Å²) in [6, 6.07) is 0.402. The second-order valence-corrected chi connectivity index (χ2v) is 3.02. The maximum atomic E-state index is 12.9. The summed E-state index contributed by atoms with van der Waals surface area (Å²) in [4.78, 5) is 0. The number of nitrogens with zero attached hydrogens (tertiary/aromatic N) is 2. The summed E-state index contributed by atoms with van der Waals surface area (Å²) in [5.41, 5.74) is -1.63. The van der Waals surface area contributed by atoms with Gasteiger partial charge < -0.3 is 0 Å². The highest BCUT2D eigenvalue weighted by atomic mass is 19.4. The molecular weight excluding hydrogens is 245 g/mol. The molecule has 16 heavy (non-hydrogen) atoms. The minimum atomic E-state index is -6.34. The Hall–Kier alpha value is -1.28. The van der Waals surface area contributed by atoms with Gasteiger partial charge in [0.1, 0.15) is 5.69 Å². The van der Waals surface area contributed by atoms with E-state index in [0.717, 1.165) is 13.2 Å². The first-order chi connectivity index (χ1) is 7.00. The van der Waals surface area contributed by atoms with Crippen molar-refractivity contribution in [2.75, 3.05) is 0 Å². The molecule has 0 aliphatic rings. The molecular formula is C7H5F7N2. The van der Waals surface area contributed by atoms with Crippen molar-refractivity contribution < 1.29 is 30.7 Å². The van der Waals surface area contributed by atoms with Gasteiger partial charge in [-0.25, -0.2) is 0 Å². The second-order valence-electron chi connectivity index (χ2n) is 3.02. The molecule has 0 spiro atoms. The van der Waals surface area contributed by atoms with Crippen molar-refractivity contribution >= 4 is 0 Å². The number of halogens is 7. The van der Waals surface area contributed by atoms with Crippen molar-refractivity contribution in [2.24, 2.45) is 7.05 Å². The predicted octanol–water partition coefficient (Wildman–Crippen LogP) is 2.71. The van der Waals surface area contributed by atoms with Crippen molar-refractivity contribution in [1.29, 1.82) is 0 Å². The number of rotatable bonds is 2. The van der Waals surface area contributed by atoms with Gasteiger partial charge in [-0.2, -0.15) is 35.8 Å². The molecule has 0 saturated carbocycles. The minimum absolute atomic E-state index is 0.402. The van der Waals surface area contributed by atoms with Crippen LogP contribution < -0.4 is 0 Å². The quantitative estimate of drug-likeness (QED) is 0.738. The van der Waals surface area contributed by atoms with E-state index in [0.29, 0.717) is 10.7 Å². The molecule has 0 saturated heterocycles. The molecule has 9 heteroatoms. The van der Waals surface area contributed by atoms with E-state index in [-0.39, 0.29) is 0 Å². The molecule has 1 heterocycles. The van der Waals surface area contributed by atoms with Crippen LogP contribution in [0.25, 0.3) is 0 Å². The Morgan fingerprint density at radius 3 is 1.88 bits per heavy atom. The average molecular weight is 250 g/mol. The summed E-state index contributed by atoms with van der Waals surface area (Å²) >= 11 is 0. The lowest BCUT2D eigenvalue weighted by molar-refractivity contribution is -0.360. The summed E-state index contributed by atoms with van der Waals surface area (Å²) in [6.07, 6.45) is -5.50. The second kappa shape index (κ2) is 3.36. The molecule has 0 aromatic carbocycles. The topological polar surface area (TPSA) is 17.8 Å². The monoisotopic (exact) mass is 250 g/mol. The van der Waals surface area contributed by atoms with Crippen LogP contribution in [0.1, 0.15) is 5.69 Å². The number of hydrogen-bond acceptors (Lipinski definition) is 1. The van der Waals surface area contributed by atoms with Gasteiger partial charge in [-0.1, -0.05) is 0 Å². The van der Waals surface area contributed by atoms with E-state index >= 15 is 0 Å². The van der Waals surface area contributed by atoms with Crippen LogP contribution >= 0.6 is 0 Å². The van der Waals surface area contributed by atoms with Crippen molar-refractivity contribution in [3.05, 3.63) is 18.0 Å². The zero-order valence-corrected chi connectivity index (χ0v) is 7.69. The molecule has 0 atom stereocenters. The molecule has 0 radical (unpaired) electrons. The molecule has 2 nitrogen and oxygen atoms in total. The number of aromatic nitrogens is 2. The van der Waals surface area contributed by atoms with Crippen LogP contribution in [-0.2, 0) is 13.0 Å². The van der Waals surface area contributed by atoms with Gasteiger partial charge in [-0.05, 0) is 6.07 Å². The summed E-state index contributed by atoms with van der Waals surface area (Å²) in [5, 5.41) is 2.85. The smallest absolute Gasteiger partial charge is 0.275 e. The largest absolute Gasteiger partial charge is 0.460 e. The van der Waals surface area contributed by atoms with Crippen molar-refractivity contribution in [3.63, 3.8) is 0 Å².